The van der Waals surface area contributed by atoms with Crippen LogP contribution in [0.1, 0.15) is 19.1 Å². The van der Waals surface area contributed by atoms with Crippen molar-refractivity contribution in [2.24, 2.45) is 0 Å². The maximum Gasteiger partial charge on any atom is 0.351 e. The predicted molar refractivity (Wildman–Crippen MR) is 119 cm³/mol. The van der Waals surface area contributed by atoms with E-state index in [0.29, 0.717) is 16.0 Å². The van der Waals surface area contributed by atoms with Gasteiger partial charge in [-0.1, -0.05) is 23.2 Å². The number of carbonyl (C=O) groups excluding carboxylic acids is 1. The van der Waals surface area contributed by atoms with Crippen LogP contribution in [-0.4, -0.2) is 46.8 Å². The molecule has 0 radical (unpaired) electrons. The number of nitrogen functional groups attached to an aromatic ring is 1. The Bertz CT molecular complexity index is 1130. The third kappa shape index (κ3) is 5.76. The van der Waals surface area contributed by atoms with E-state index in [-0.39, 0.29) is 29.8 Å². The molecule has 0 bridgehead atoms. The van der Waals surface area contributed by atoms with E-state index in [9.17, 15) is 18.4 Å². The smallest absolute Gasteiger partial charge is 0.351 e. The average molecular weight is 539 g/mol. The summed E-state index contributed by atoms with van der Waals surface area (Å²) in [5, 5.41) is 3.47. The summed E-state index contributed by atoms with van der Waals surface area (Å²) in [4.78, 5) is 27.3. The van der Waals surface area contributed by atoms with E-state index in [0.717, 1.165) is 6.20 Å². The first-order valence-corrected chi connectivity index (χ1v) is 11.9. The summed E-state index contributed by atoms with van der Waals surface area (Å²) in [6.45, 7) is -0.0969. The molecule has 4 atom stereocenters. The van der Waals surface area contributed by atoms with Crippen LogP contribution < -0.4 is 21.0 Å². The van der Waals surface area contributed by atoms with E-state index >= 15 is 0 Å². The van der Waals surface area contributed by atoms with Gasteiger partial charge in [-0.2, -0.15) is 4.98 Å². The van der Waals surface area contributed by atoms with Gasteiger partial charge in [0.05, 0.1) is 24.3 Å². The van der Waals surface area contributed by atoms with Crippen molar-refractivity contribution in [3.8, 4) is 5.75 Å². The molecule has 10 nitrogen and oxygen atoms in total. The molecule has 3 N–H and O–H groups in total. The highest BCUT2D eigenvalue weighted by Gasteiger charge is 2.52. The van der Waals surface area contributed by atoms with Crippen LogP contribution in [0.25, 0.3) is 0 Å². The zero-order chi connectivity index (χ0) is 24.5. The lowest BCUT2D eigenvalue weighted by Gasteiger charge is -2.22. The zero-order valence-electron chi connectivity index (χ0n) is 17.3. The summed E-state index contributed by atoms with van der Waals surface area (Å²) in [5.41, 5.74) is 4.46. The van der Waals surface area contributed by atoms with Crippen molar-refractivity contribution >= 4 is 43.5 Å². The summed E-state index contributed by atoms with van der Waals surface area (Å²) in [6.07, 6.45) is -2.21. The molecule has 1 aromatic carbocycles. The van der Waals surface area contributed by atoms with Crippen LogP contribution in [0.4, 0.5) is 14.6 Å². The van der Waals surface area contributed by atoms with Gasteiger partial charge in [0.15, 0.2) is 0 Å². The number of cyclic esters (lactones) is 1. The van der Waals surface area contributed by atoms with Crippen molar-refractivity contribution in [2.45, 2.75) is 37.1 Å². The van der Waals surface area contributed by atoms with Crippen LogP contribution in [-0.2, 0) is 18.8 Å². The molecule has 0 aliphatic carbocycles. The number of nitrogens with two attached hydrogens (primary N) is 1. The Balaban J connectivity index is 1.45. The maximum atomic E-state index is 14.6. The fraction of sp³-hybridized carbons (Fsp3) is 0.421. The molecule has 0 amide bonds. The normalized spacial score (nSPS) is 24.7. The van der Waals surface area contributed by atoms with Gasteiger partial charge in [-0.15, -0.1) is 0 Å². The minimum atomic E-state index is -3.37. The number of nitrogens with one attached hydrogen (secondary N) is 1. The Morgan fingerprint density at radius 2 is 2.12 bits per heavy atom. The summed E-state index contributed by atoms with van der Waals surface area (Å²) in [7, 11) is -2.03. The quantitative estimate of drug-likeness (QED) is 0.384. The molecule has 4 rings (SSSR count). The third-order valence-corrected chi connectivity index (χ3v) is 6.74. The molecule has 2 saturated heterocycles. The number of hydrogen-bond acceptors (Lipinski definition) is 9. The van der Waals surface area contributed by atoms with Crippen LogP contribution in [0.3, 0.4) is 0 Å². The predicted octanol–water partition coefficient (Wildman–Crippen LogP) is 3.28. The maximum absolute atomic E-state index is 14.6. The second-order valence-electron chi connectivity index (χ2n) is 7.47. The molecule has 0 spiro atoms. The molecule has 34 heavy (non-hydrogen) atoms. The van der Waals surface area contributed by atoms with Crippen LogP contribution in [0.5, 0.6) is 5.75 Å². The molecule has 2 aliphatic heterocycles. The zero-order valence-corrected chi connectivity index (χ0v) is 19.7. The first-order chi connectivity index (χ1) is 16.1. The molecule has 2 aliphatic rings. The Morgan fingerprint density at radius 3 is 2.79 bits per heavy atom. The first-order valence-electron chi connectivity index (χ1n) is 9.99. The highest BCUT2D eigenvalue weighted by molar-refractivity contribution is 7.45. The Labute approximate surface area is 203 Å². The molecule has 0 saturated carbocycles. The van der Waals surface area contributed by atoms with Crippen molar-refractivity contribution in [1.82, 2.24) is 14.6 Å². The van der Waals surface area contributed by atoms with Crippen molar-refractivity contribution in [2.75, 3.05) is 18.9 Å². The molecule has 184 valence electrons. The van der Waals surface area contributed by atoms with Gasteiger partial charge < -0.3 is 24.3 Å². The van der Waals surface area contributed by atoms with E-state index in [1.165, 1.54) is 18.2 Å². The minimum absolute atomic E-state index is 0.0948. The van der Waals surface area contributed by atoms with Gasteiger partial charge in [-0.05, 0) is 24.3 Å². The van der Waals surface area contributed by atoms with Gasteiger partial charge >= 0.3 is 20.2 Å². The second-order valence-corrected chi connectivity index (χ2v) is 9.53. The van der Waals surface area contributed by atoms with Gasteiger partial charge in [-0.25, -0.2) is 18.7 Å². The van der Waals surface area contributed by atoms with E-state index < -0.39 is 50.9 Å². The van der Waals surface area contributed by atoms with Gasteiger partial charge in [0.25, 0.3) is 5.92 Å². The number of esters is 1. The third-order valence-electron chi connectivity index (χ3n) is 4.94. The second kappa shape index (κ2) is 10.3. The summed E-state index contributed by atoms with van der Waals surface area (Å²) < 4.78 is 51.8. The highest BCUT2D eigenvalue weighted by Crippen LogP contribution is 2.45. The fourth-order valence-electron chi connectivity index (χ4n) is 3.33. The average Bonchev–Trinajstić information content (AvgIpc) is 3.29. The largest absolute Gasteiger partial charge is 0.464 e. The minimum Gasteiger partial charge on any atom is -0.464 e. The van der Waals surface area contributed by atoms with E-state index in [4.69, 9.17) is 47.5 Å². The van der Waals surface area contributed by atoms with Gasteiger partial charge in [0.2, 0.25) is 6.23 Å². The molecule has 3 heterocycles. The highest BCUT2D eigenvalue weighted by atomic mass is 35.5. The van der Waals surface area contributed by atoms with Crippen molar-refractivity contribution in [1.29, 1.82) is 0 Å². The molecule has 15 heteroatoms. The number of halogens is 4. The van der Waals surface area contributed by atoms with Crippen molar-refractivity contribution < 1.29 is 32.1 Å². The lowest BCUT2D eigenvalue weighted by Crippen LogP contribution is -2.35. The molecule has 2 fully saturated rings. The Hall–Kier alpha value is -2.08. The molecule has 1 aromatic heterocycles. The van der Waals surface area contributed by atoms with E-state index in [2.05, 4.69) is 10.1 Å². The van der Waals surface area contributed by atoms with Crippen LogP contribution in [0.2, 0.25) is 10.0 Å². The number of ether oxygens (including phenoxy) is 2. The number of nitrogens with zero attached hydrogens (tertiary/aromatic N) is 2. The van der Waals surface area contributed by atoms with Crippen molar-refractivity contribution in [3.05, 3.63) is 51.0 Å². The SMILES string of the molecule is Nc1ccn(C2OC(COP(N[C@H]3CCOC3=O)Oc3ccc(Cl)cc3Cl)CC2(F)F)c(=O)n1. The number of hydrogen-bond donors (Lipinski definition) is 2. The number of carbonyl (C=O) groups is 1. The Morgan fingerprint density at radius 1 is 1.32 bits per heavy atom. The van der Waals surface area contributed by atoms with Crippen LogP contribution in [0.15, 0.2) is 35.3 Å². The number of rotatable bonds is 8. The van der Waals surface area contributed by atoms with Crippen LogP contribution in [0, 0.1) is 0 Å². The molecular weight excluding hydrogens is 520 g/mol. The topological polar surface area (TPSA) is 127 Å². The van der Waals surface area contributed by atoms with E-state index in [1.54, 1.807) is 6.07 Å². The van der Waals surface area contributed by atoms with Gasteiger partial charge in [0, 0.05) is 24.1 Å². The summed E-state index contributed by atoms with van der Waals surface area (Å²) in [5.74, 6) is -3.74. The van der Waals surface area contributed by atoms with Gasteiger partial charge in [-0.3, -0.25) is 9.36 Å². The number of alkyl halides is 2. The number of anilines is 1. The van der Waals surface area contributed by atoms with Crippen molar-refractivity contribution in [3.63, 3.8) is 0 Å². The summed E-state index contributed by atoms with van der Waals surface area (Å²) >= 11 is 12.1. The lowest BCUT2D eigenvalue weighted by molar-refractivity contribution is -0.139. The molecule has 3 unspecified atom stereocenters. The lowest BCUT2D eigenvalue weighted by atomic mass is 10.2. The molecule has 2 aromatic rings. The standard InChI is InChI=1S/C19H19Cl2F2N4O6P/c20-10-1-2-14(12(21)7-10)33-34(26-13-4-6-30-16(13)28)31-9-11-8-19(22,23)17(32-11)27-5-3-15(24)25-18(27)29/h1-3,5,7,11,13,17,26H,4,6,8-9H2,(H2,24,25,29)/t11?,13-,17?,34?/m0/s1. The summed E-state index contributed by atoms with van der Waals surface area (Å²) in [6, 6.07) is 5.03. The fourth-order valence-corrected chi connectivity index (χ4v) is 5.13. The Kier molecular flexibility index (Phi) is 7.56. The van der Waals surface area contributed by atoms with E-state index in [1.807, 2.05) is 0 Å². The monoisotopic (exact) mass is 538 g/mol. The number of aromatic nitrogens is 2. The van der Waals surface area contributed by atoms with Crippen LogP contribution >= 0.6 is 31.7 Å². The molecular formula is C19H19Cl2F2N4O6P. The van der Waals surface area contributed by atoms with Gasteiger partial charge in [0.1, 0.15) is 17.6 Å². The number of benzene rings is 1. The first kappa shape index (κ1) is 25.0.